The summed E-state index contributed by atoms with van der Waals surface area (Å²) in [5, 5.41) is 15.1. The maximum absolute atomic E-state index is 13.3. The van der Waals surface area contributed by atoms with Crippen molar-refractivity contribution in [2.24, 2.45) is 0 Å². The largest absolute Gasteiger partial charge is 0.480 e. The number of nitrogens with one attached hydrogen (secondary N) is 1. The lowest BCUT2D eigenvalue weighted by Crippen LogP contribution is -2.59. The van der Waals surface area contributed by atoms with Crippen molar-refractivity contribution in [1.82, 2.24) is 29.2 Å². The van der Waals surface area contributed by atoms with Gasteiger partial charge in [0.2, 0.25) is 0 Å². The van der Waals surface area contributed by atoms with E-state index >= 15 is 0 Å². The molecule has 5 rings (SSSR count). The van der Waals surface area contributed by atoms with Crippen LogP contribution >= 0.6 is 22.9 Å². The van der Waals surface area contributed by atoms with Crippen LogP contribution in [0.3, 0.4) is 0 Å². The number of piperazine rings is 1. The molecule has 0 saturated carbocycles. The maximum Gasteiger partial charge on any atom is 0.327 e. The smallest absolute Gasteiger partial charge is 0.327 e. The van der Waals surface area contributed by atoms with Crippen molar-refractivity contribution in [3.05, 3.63) is 44.9 Å². The predicted octanol–water partition coefficient (Wildman–Crippen LogP) is 1.67. The number of aromatic amines is 1. The van der Waals surface area contributed by atoms with Crippen LogP contribution in [0.5, 0.6) is 0 Å². The Morgan fingerprint density at radius 1 is 1.17 bits per heavy atom. The third-order valence-corrected chi connectivity index (χ3v) is 9.45. The lowest BCUT2D eigenvalue weighted by Gasteiger charge is -2.37. The van der Waals surface area contributed by atoms with E-state index in [1.54, 1.807) is 18.2 Å². The van der Waals surface area contributed by atoms with Gasteiger partial charge in [-0.1, -0.05) is 11.6 Å². The lowest BCUT2D eigenvalue weighted by molar-refractivity contribution is -0.143. The molecule has 1 aromatic carbocycles. The molecule has 35 heavy (non-hydrogen) atoms. The number of hydrogen-bond donors (Lipinski definition) is 2. The van der Waals surface area contributed by atoms with Crippen LogP contribution in [0.2, 0.25) is 5.02 Å². The molecule has 1 amide bonds. The summed E-state index contributed by atoms with van der Waals surface area (Å²) in [5.74, 6) is -1.78. The third kappa shape index (κ3) is 4.32. The molecule has 1 unspecified atom stereocenters. The fourth-order valence-corrected chi connectivity index (χ4v) is 7.00. The summed E-state index contributed by atoms with van der Waals surface area (Å²) in [5.41, 5.74) is 1.39. The molecule has 0 aliphatic carbocycles. The van der Waals surface area contributed by atoms with Crippen LogP contribution in [0.4, 0.5) is 0 Å². The predicted molar refractivity (Wildman–Crippen MR) is 130 cm³/mol. The van der Waals surface area contributed by atoms with Crippen LogP contribution in [0.1, 0.15) is 20.4 Å². The Morgan fingerprint density at radius 3 is 2.66 bits per heavy atom. The molecule has 1 saturated heterocycles. The molecular weight excluding hydrogens is 516 g/mol. The van der Waals surface area contributed by atoms with Crippen molar-refractivity contribution in [2.75, 3.05) is 33.7 Å². The summed E-state index contributed by atoms with van der Waals surface area (Å²) in [4.78, 5) is 34.9. The zero-order valence-electron chi connectivity index (χ0n) is 18.9. The Hall–Kier alpha value is -2.55. The number of amides is 1. The van der Waals surface area contributed by atoms with E-state index in [1.165, 1.54) is 22.3 Å². The number of carbonyl (C=O) groups excluding carboxylic acids is 1. The van der Waals surface area contributed by atoms with Crippen LogP contribution < -0.4 is 0 Å². The number of carboxylic acid groups (broad SMARTS) is 1. The Bertz CT molecular complexity index is 1410. The van der Waals surface area contributed by atoms with Gasteiger partial charge < -0.3 is 15.0 Å². The van der Waals surface area contributed by atoms with E-state index in [2.05, 4.69) is 9.97 Å². The number of hydrazine groups is 1. The first-order chi connectivity index (χ1) is 16.5. The number of aliphatic carboxylic acids is 1. The molecule has 2 aliphatic heterocycles. The molecule has 14 heteroatoms. The first kappa shape index (κ1) is 24.2. The molecular formula is C21H23ClN6O5S2. The number of hydrogen-bond acceptors (Lipinski definition) is 8. The average molecular weight is 539 g/mol. The van der Waals surface area contributed by atoms with Gasteiger partial charge in [0.15, 0.2) is 5.01 Å². The van der Waals surface area contributed by atoms with E-state index in [-0.39, 0.29) is 29.7 Å². The number of H-pyrrole nitrogens is 1. The number of thiazole rings is 1. The van der Waals surface area contributed by atoms with E-state index in [0.29, 0.717) is 29.0 Å². The van der Waals surface area contributed by atoms with Gasteiger partial charge in [-0.2, -0.15) is 4.31 Å². The lowest BCUT2D eigenvalue weighted by atomic mass is 10.2. The van der Waals surface area contributed by atoms with Gasteiger partial charge in [0, 0.05) is 61.1 Å². The highest BCUT2D eigenvalue weighted by atomic mass is 35.5. The number of rotatable bonds is 4. The zero-order chi connectivity index (χ0) is 25.1. The molecule has 1 atom stereocenters. The number of fused-ring (bicyclic) bond motifs is 2. The summed E-state index contributed by atoms with van der Waals surface area (Å²) in [6, 6.07) is 5.10. The molecule has 186 valence electrons. The third-order valence-electron chi connectivity index (χ3n) is 6.36. The molecule has 2 aromatic heterocycles. The van der Waals surface area contributed by atoms with Crippen molar-refractivity contribution in [3.8, 4) is 0 Å². The second-order valence-electron chi connectivity index (χ2n) is 8.60. The maximum atomic E-state index is 13.3. The standard InChI is InChI=1S/C21H23ClN6O5S2/c1-25-9-15-17(11-26(25)2)34-19(24-15)20(29)28-6-5-27(10-16(28)21(30)31)35(32,33)18-8-12-7-13(22)3-4-14(12)23-18/h3-4,7-8,16,23H,5-6,9-11H2,1-2H3,(H,30,31). The van der Waals surface area contributed by atoms with Gasteiger partial charge in [-0.15, -0.1) is 11.3 Å². The minimum atomic E-state index is -4.02. The first-order valence-corrected chi connectivity index (χ1v) is 13.4. The van der Waals surface area contributed by atoms with E-state index in [0.717, 1.165) is 14.9 Å². The molecule has 0 spiro atoms. The molecule has 0 bridgehead atoms. The molecule has 2 N–H and O–H groups in total. The van der Waals surface area contributed by atoms with Crippen molar-refractivity contribution in [2.45, 2.75) is 24.2 Å². The van der Waals surface area contributed by atoms with Crippen molar-refractivity contribution in [1.29, 1.82) is 0 Å². The summed E-state index contributed by atoms with van der Waals surface area (Å²) < 4.78 is 27.7. The second-order valence-corrected chi connectivity index (χ2v) is 12.0. The van der Waals surface area contributed by atoms with Gasteiger partial charge in [0.1, 0.15) is 11.1 Å². The molecule has 3 aromatic rings. The summed E-state index contributed by atoms with van der Waals surface area (Å²) in [6.07, 6.45) is 0. The van der Waals surface area contributed by atoms with Gasteiger partial charge in [0.25, 0.3) is 15.9 Å². The van der Waals surface area contributed by atoms with Crippen LogP contribution in [0.15, 0.2) is 29.3 Å². The molecule has 2 aliphatic rings. The summed E-state index contributed by atoms with van der Waals surface area (Å²) >= 11 is 7.26. The summed E-state index contributed by atoms with van der Waals surface area (Å²) in [7, 11) is -0.163. The SMILES string of the molecule is CN1Cc2nc(C(=O)N3CCN(S(=O)(=O)c4cc5cc(Cl)ccc5[nH]4)CC3C(=O)O)sc2CN1C. The first-order valence-electron chi connectivity index (χ1n) is 10.8. The number of halogens is 1. The van der Waals surface area contributed by atoms with E-state index in [4.69, 9.17) is 11.6 Å². The van der Waals surface area contributed by atoms with Gasteiger partial charge in [-0.25, -0.2) is 28.2 Å². The Labute approximate surface area is 210 Å². The van der Waals surface area contributed by atoms with Crippen LogP contribution in [-0.4, -0.2) is 94.4 Å². The number of aromatic nitrogens is 2. The fraction of sp³-hybridized carbons (Fsp3) is 0.381. The monoisotopic (exact) mass is 538 g/mol. The molecule has 0 radical (unpaired) electrons. The topological polar surface area (TPSA) is 130 Å². The van der Waals surface area contributed by atoms with E-state index < -0.39 is 27.9 Å². The minimum absolute atomic E-state index is 0.0372. The van der Waals surface area contributed by atoms with E-state index in [1.807, 2.05) is 24.1 Å². The highest BCUT2D eigenvalue weighted by Crippen LogP contribution is 2.29. The van der Waals surface area contributed by atoms with Crippen LogP contribution in [-0.2, 0) is 27.9 Å². The average Bonchev–Trinajstić information content (AvgIpc) is 3.42. The summed E-state index contributed by atoms with van der Waals surface area (Å²) in [6.45, 7) is 0.701. The Balaban J connectivity index is 1.38. The number of nitrogens with zero attached hydrogens (tertiary/aromatic N) is 5. The van der Waals surface area contributed by atoms with Crippen LogP contribution in [0.25, 0.3) is 10.9 Å². The van der Waals surface area contributed by atoms with Gasteiger partial charge in [-0.05, 0) is 24.3 Å². The highest BCUT2D eigenvalue weighted by molar-refractivity contribution is 7.89. The van der Waals surface area contributed by atoms with Gasteiger partial charge >= 0.3 is 5.97 Å². The number of carbonyl (C=O) groups is 2. The molecule has 1 fully saturated rings. The van der Waals surface area contributed by atoms with Crippen LogP contribution in [0, 0.1) is 0 Å². The normalized spacial score (nSPS) is 20.3. The number of carboxylic acids is 1. The van der Waals surface area contributed by atoms with Gasteiger partial charge in [-0.3, -0.25) is 4.79 Å². The zero-order valence-corrected chi connectivity index (χ0v) is 21.3. The second kappa shape index (κ2) is 8.84. The van der Waals surface area contributed by atoms with Crippen molar-refractivity contribution < 1.29 is 23.1 Å². The Kier molecular flexibility index (Phi) is 6.10. The van der Waals surface area contributed by atoms with Gasteiger partial charge in [0.05, 0.1) is 12.2 Å². The van der Waals surface area contributed by atoms with Crippen molar-refractivity contribution in [3.63, 3.8) is 0 Å². The number of sulfonamides is 1. The highest BCUT2D eigenvalue weighted by Gasteiger charge is 2.41. The van der Waals surface area contributed by atoms with Crippen molar-refractivity contribution >= 4 is 55.7 Å². The fourth-order valence-electron chi connectivity index (χ4n) is 4.30. The van der Waals surface area contributed by atoms with E-state index in [9.17, 15) is 23.1 Å². The number of benzene rings is 1. The quantitative estimate of drug-likeness (QED) is 0.513. The molecule has 4 heterocycles. The molecule has 11 nitrogen and oxygen atoms in total. The minimum Gasteiger partial charge on any atom is -0.480 e. The Morgan fingerprint density at radius 2 is 1.91 bits per heavy atom.